The molecule has 2 N–H and O–H groups in total. The second-order valence-electron chi connectivity index (χ2n) is 6.33. The van der Waals surface area contributed by atoms with Crippen LogP contribution in [-0.4, -0.2) is 24.5 Å². The summed E-state index contributed by atoms with van der Waals surface area (Å²) in [6, 6.07) is 9.00. The van der Waals surface area contributed by atoms with Gasteiger partial charge in [0.15, 0.2) is 0 Å². The van der Waals surface area contributed by atoms with Crippen LogP contribution in [0.15, 0.2) is 28.7 Å². The van der Waals surface area contributed by atoms with E-state index >= 15 is 0 Å². The summed E-state index contributed by atoms with van der Waals surface area (Å²) in [5.41, 5.74) is 7.69. The van der Waals surface area contributed by atoms with Crippen molar-refractivity contribution in [1.82, 2.24) is 4.90 Å². The van der Waals surface area contributed by atoms with E-state index in [2.05, 4.69) is 59.1 Å². The average Bonchev–Trinajstić information content (AvgIpc) is 2.44. The molecule has 0 spiro atoms. The Morgan fingerprint density at radius 1 is 1.25 bits per heavy atom. The summed E-state index contributed by atoms with van der Waals surface area (Å²) in [6.07, 6.45) is 5.14. The van der Waals surface area contributed by atoms with Crippen LogP contribution in [0, 0.1) is 11.8 Å². The van der Waals surface area contributed by atoms with Crippen molar-refractivity contribution >= 4 is 15.9 Å². The van der Waals surface area contributed by atoms with E-state index in [0.717, 1.165) is 23.5 Å². The van der Waals surface area contributed by atoms with E-state index in [4.69, 9.17) is 5.73 Å². The van der Waals surface area contributed by atoms with Gasteiger partial charge in [-0.15, -0.1) is 0 Å². The second kappa shape index (κ2) is 7.58. The molecule has 1 aromatic rings. The van der Waals surface area contributed by atoms with Crippen LogP contribution in [0.4, 0.5) is 0 Å². The molecule has 0 aliphatic heterocycles. The van der Waals surface area contributed by atoms with Crippen molar-refractivity contribution < 1.29 is 0 Å². The van der Waals surface area contributed by atoms with Gasteiger partial charge in [-0.3, -0.25) is 0 Å². The predicted octanol–water partition coefficient (Wildman–Crippen LogP) is 4.03. The summed E-state index contributed by atoms with van der Waals surface area (Å²) in [7, 11) is 2.21. The summed E-state index contributed by atoms with van der Waals surface area (Å²) in [4.78, 5) is 2.42. The fraction of sp³-hybridized carbons (Fsp3) is 0.647. The second-order valence-corrected chi connectivity index (χ2v) is 7.25. The van der Waals surface area contributed by atoms with Crippen molar-refractivity contribution in [2.75, 3.05) is 13.6 Å². The number of nitrogens with two attached hydrogens (primary N) is 1. The SMILES string of the molecule is CCC1CCC(N)C(CN(C)Cc2ccc(Br)cc2)C1. The van der Waals surface area contributed by atoms with Gasteiger partial charge in [0.1, 0.15) is 0 Å². The van der Waals surface area contributed by atoms with Crippen LogP contribution in [0.5, 0.6) is 0 Å². The van der Waals surface area contributed by atoms with Crippen LogP contribution in [0.2, 0.25) is 0 Å². The molecule has 1 aliphatic rings. The Morgan fingerprint density at radius 3 is 2.60 bits per heavy atom. The van der Waals surface area contributed by atoms with Gasteiger partial charge in [-0.25, -0.2) is 0 Å². The maximum atomic E-state index is 6.32. The zero-order valence-corrected chi connectivity index (χ0v) is 14.3. The third kappa shape index (κ3) is 4.57. The number of rotatable bonds is 5. The molecule has 0 bridgehead atoms. The molecule has 3 atom stereocenters. The third-order valence-corrected chi connectivity index (χ3v) is 5.17. The molecule has 112 valence electrons. The van der Waals surface area contributed by atoms with Crippen molar-refractivity contribution in [2.24, 2.45) is 17.6 Å². The van der Waals surface area contributed by atoms with Crippen molar-refractivity contribution in [3.8, 4) is 0 Å². The van der Waals surface area contributed by atoms with Gasteiger partial charge in [-0.2, -0.15) is 0 Å². The molecule has 0 radical (unpaired) electrons. The van der Waals surface area contributed by atoms with Crippen molar-refractivity contribution in [3.05, 3.63) is 34.3 Å². The van der Waals surface area contributed by atoms with Gasteiger partial charge in [0.25, 0.3) is 0 Å². The van der Waals surface area contributed by atoms with Crippen molar-refractivity contribution in [1.29, 1.82) is 0 Å². The minimum absolute atomic E-state index is 0.394. The number of halogens is 1. The molecule has 1 aromatic carbocycles. The summed E-state index contributed by atoms with van der Waals surface area (Å²) < 4.78 is 1.14. The maximum absolute atomic E-state index is 6.32. The van der Waals surface area contributed by atoms with Crippen LogP contribution < -0.4 is 5.73 Å². The van der Waals surface area contributed by atoms with Gasteiger partial charge in [0, 0.05) is 23.6 Å². The summed E-state index contributed by atoms with van der Waals surface area (Å²) in [5.74, 6) is 1.55. The maximum Gasteiger partial charge on any atom is 0.0230 e. The molecule has 1 saturated carbocycles. The predicted molar refractivity (Wildman–Crippen MR) is 89.6 cm³/mol. The third-order valence-electron chi connectivity index (χ3n) is 4.64. The first kappa shape index (κ1) is 16.0. The monoisotopic (exact) mass is 338 g/mol. The first-order chi connectivity index (χ1) is 9.58. The van der Waals surface area contributed by atoms with Gasteiger partial charge in [-0.1, -0.05) is 41.4 Å². The van der Waals surface area contributed by atoms with E-state index in [1.54, 1.807) is 0 Å². The molecule has 0 heterocycles. The molecule has 0 amide bonds. The Balaban J connectivity index is 1.86. The van der Waals surface area contributed by atoms with Gasteiger partial charge in [-0.05, 0) is 55.8 Å². The standard InChI is InChI=1S/C17H27BrN2/c1-3-13-6-9-17(19)15(10-13)12-20(2)11-14-4-7-16(18)8-5-14/h4-5,7-8,13,15,17H,3,6,9-12,19H2,1-2H3. The Bertz CT molecular complexity index is 404. The Labute approximate surface area is 131 Å². The van der Waals surface area contributed by atoms with Crippen molar-refractivity contribution in [3.63, 3.8) is 0 Å². The minimum Gasteiger partial charge on any atom is -0.327 e. The molecule has 1 fully saturated rings. The van der Waals surface area contributed by atoms with Gasteiger partial charge >= 0.3 is 0 Å². The molecule has 1 aliphatic carbocycles. The highest BCUT2D eigenvalue weighted by Gasteiger charge is 2.27. The highest BCUT2D eigenvalue weighted by atomic mass is 79.9. The smallest absolute Gasteiger partial charge is 0.0230 e. The Kier molecular flexibility index (Phi) is 6.06. The van der Waals surface area contributed by atoms with Crippen molar-refractivity contribution in [2.45, 2.75) is 45.2 Å². The van der Waals surface area contributed by atoms with Crippen LogP contribution in [0.1, 0.15) is 38.2 Å². The fourth-order valence-corrected chi connectivity index (χ4v) is 3.60. The number of hydrogen-bond acceptors (Lipinski definition) is 2. The van der Waals surface area contributed by atoms with E-state index in [1.165, 1.54) is 31.2 Å². The molecular formula is C17H27BrN2. The first-order valence-electron chi connectivity index (χ1n) is 7.77. The lowest BCUT2D eigenvalue weighted by molar-refractivity contribution is 0.168. The van der Waals surface area contributed by atoms with Crippen LogP contribution >= 0.6 is 15.9 Å². The molecular weight excluding hydrogens is 312 g/mol. The molecule has 0 saturated heterocycles. The zero-order chi connectivity index (χ0) is 14.5. The van der Waals surface area contributed by atoms with Crippen LogP contribution in [0.3, 0.4) is 0 Å². The average molecular weight is 339 g/mol. The van der Waals surface area contributed by atoms with E-state index in [-0.39, 0.29) is 0 Å². The minimum atomic E-state index is 0.394. The Hall–Kier alpha value is -0.380. The van der Waals surface area contributed by atoms with E-state index < -0.39 is 0 Å². The topological polar surface area (TPSA) is 29.3 Å². The number of nitrogens with zero attached hydrogens (tertiary/aromatic N) is 1. The lowest BCUT2D eigenvalue weighted by atomic mass is 9.77. The van der Waals surface area contributed by atoms with E-state index in [1.807, 2.05) is 0 Å². The molecule has 0 aromatic heterocycles. The number of benzene rings is 1. The molecule has 2 rings (SSSR count). The highest BCUT2D eigenvalue weighted by Crippen LogP contribution is 2.31. The molecule has 20 heavy (non-hydrogen) atoms. The lowest BCUT2D eigenvalue weighted by Gasteiger charge is -2.36. The number of hydrogen-bond donors (Lipinski definition) is 1. The largest absolute Gasteiger partial charge is 0.327 e. The normalized spacial score (nSPS) is 26.9. The fourth-order valence-electron chi connectivity index (χ4n) is 3.33. The van der Waals surface area contributed by atoms with Gasteiger partial charge in [0.2, 0.25) is 0 Å². The molecule has 2 nitrogen and oxygen atoms in total. The molecule has 3 heteroatoms. The summed E-state index contributed by atoms with van der Waals surface area (Å²) in [5, 5.41) is 0. The zero-order valence-electron chi connectivity index (χ0n) is 12.7. The lowest BCUT2D eigenvalue weighted by Crippen LogP contribution is -2.42. The highest BCUT2D eigenvalue weighted by molar-refractivity contribution is 9.10. The Morgan fingerprint density at radius 2 is 1.95 bits per heavy atom. The van der Waals surface area contributed by atoms with E-state index in [0.29, 0.717) is 12.0 Å². The summed E-state index contributed by atoms with van der Waals surface area (Å²) in [6.45, 7) is 4.44. The van der Waals surface area contributed by atoms with Gasteiger partial charge in [0.05, 0.1) is 0 Å². The van der Waals surface area contributed by atoms with Crippen LogP contribution in [0.25, 0.3) is 0 Å². The quantitative estimate of drug-likeness (QED) is 0.877. The molecule has 3 unspecified atom stereocenters. The van der Waals surface area contributed by atoms with Crippen LogP contribution in [-0.2, 0) is 6.54 Å². The van der Waals surface area contributed by atoms with E-state index in [9.17, 15) is 0 Å². The summed E-state index contributed by atoms with van der Waals surface area (Å²) >= 11 is 3.48. The first-order valence-corrected chi connectivity index (χ1v) is 8.56. The van der Waals surface area contributed by atoms with Gasteiger partial charge < -0.3 is 10.6 Å².